The number of likely N-dealkylation sites (tertiary alicyclic amines) is 1. The minimum Gasteiger partial charge on any atom is -0.497 e. The number of thiazole rings is 1. The van der Waals surface area contributed by atoms with Crippen LogP contribution in [-0.2, 0) is 11.3 Å². The first-order valence-corrected chi connectivity index (χ1v) is 9.10. The molecule has 0 radical (unpaired) electrons. The Morgan fingerprint density at radius 1 is 1.32 bits per heavy atom. The number of piperidine rings is 1. The largest absolute Gasteiger partial charge is 0.497 e. The second kappa shape index (κ2) is 7.84. The Hall–Kier alpha value is -2.12. The van der Waals surface area contributed by atoms with Crippen molar-refractivity contribution < 1.29 is 19.4 Å². The second-order valence-electron chi connectivity index (χ2n) is 6.10. The highest BCUT2D eigenvalue weighted by Gasteiger charge is 2.24. The van der Waals surface area contributed by atoms with Gasteiger partial charge < -0.3 is 14.6 Å². The van der Waals surface area contributed by atoms with Gasteiger partial charge in [0.05, 0.1) is 31.4 Å². The molecule has 1 aromatic heterocycles. The van der Waals surface area contributed by atoms with E-state index in [0.717, 1.165) is 47.4 Å². The van der Waals surface area contributed by atoms with E-state index in [4.69, 9.17) is 19.6 Å². The quantitative estimate of drug-likeness (QED) is 0.851. The summed E-state index contributed by atoms with van der Waals surface area (Å²) in [5, 5.41) is 12.1. The molecule has 6 nitrogen and oxygen atoms in total. The van der Waals surface area contributed by atoms with Gasteiger partial charge in [-0.3, -0.25) is 9.69 Å². The third kappa shape index (κ3) is 4.11. The number of carbonyl (C=O) groups is 1. The average molecular weight is 362 g/mol. The van der Waals surface area contributed by atoms with E-state index < -0.39 is 5.97 Å². The van der Waals surface area contributed by atoms with Crippen molar-refractivity contribution >= 4 is 17.3 Å². The van der Waals surface area contributed by atoms with Crippen molar-refractivity contribution in [3.05, 3.63) is 29.3 Å². The van der Waals surface area contributed by atoms with E-state index in [9.17, 15) is 4.79 Å². The smallest absolute Gasteiger partial charge is 0.306 e. The number of rotatable bonds is 6. The lowest BCUT2D eigenvalue weighted by Gasteiger charge is -2.29. The number of hydrogen-bond acceptors (Lipinski definition) is 6. The standard InChI is InChI=1S/C18H22N2O4S/c1-23-14-3-4-15(16(9-14)24-2)17-19-13(11-25-17)10-20-7-5-12(6-8-20)18(21)22/h3-4,9,11-12H,5-8,10H2,1-2H3,(H,21,22). The van der Waals surface area contributed by atoms with Gasteiger partial charge in [0, 0.05) is 18.0 Å². The summed E-state index contributed by atoms with van der Waals surface area (Å²) in [6, 6.07) is 5.71. The van der Waals surface area contributed by atoms with Gasteiger partial charge in [0.2, 0.25) is 0 Å². The Morgan fingerprint density at radius 3 is 2.72 bits per heavy atom. The number of carboxylic acid groups (broad SMARTS) is 1. The van der Waals surface area contributed by atoms with Gasteiger partial charge in [-0.05, 0) is 38.1 Å². The molecule has 7 heteroatoms. The van der Waals surface area contributed by atoms with Crippen LogP contribution in [0.2, 0.25) is 0 Å². The lowest BCUT2D eigenvalue weighted by atomic mass is 9.97. The van der Waals surface area contributed by atoms with E-state index >= 15 is 0 Å². The first-order valence-electron chi connectivity index (χ1n) is 8.22. The number of carboxylic acids is 1. The maximum absolute atomic E-state index is 11.0. The molecule has 0 aliphatic carbocycles. The molecule has 1 fully saturated rings. The molecule has 25 heavy (non-hydrogen) atoms. The summed E-state index contributed by atoms with van der Waals surface area (Å²) in [7, 11) is 3.27. The van der Waals surface area contributed by atoms with Crippen molar-refractivity contribution in [2.24, 2.45) is 5.92 Å². The third-order valence-corrected chi connectivity index (χ3v) is 5.44. The Balaban J connectivity index is 1.68. The number of nitrogens with zero attached hydrogens (tertiary/aromatic N) is 2. The number of ether oxygens (including phenoxy) is 2. The van der Waals surface area contributed by atoms with E-state index in [1.807, 2.05) is 18.2 Å². The third-order valence-electron chi connectivity index (χ3n) is 4.51. The number of methoxy groups -OCH3 is 2. The molecule has 0 unspecified atom stereocenters. The molecule has 1 aromatic carbocycles. The summed E-state index contributed by atoms with van der Waals surface area (Å²) < 4.78 is 10.7. The molecule has 1 saturated heterocycles. The van der Waals surface area contributed by atoms with Crippen molar-refractivity contribution in [2.75, 3.05) is 27.3 Å². The van der Waals surface area contributed by atoms with Crippen molar-refractivity contribution in [3.8, 4) is 22.1 Å². The molecule has 0 spiro atoms. The zero-order valence-corrected chi connectivity index (χ0v) is 15.2. The van der Waals surface area contributed by atoms with Crippen LogP contribution in [0, 0.1) is 5.92 Å². The normalized spacial score (nSPS) is 15.9. The van der Waals surface area contributed by atoms with Crippen LogP contribution in [0.25, 0.3) is 10.6 Å². The number of benzene rings is 1. The van der Waals surface area contributed by atoms with E-state index in [2.05, 4.69) is 10.3 Å². The fraction of sp³-hybridized carbons (Fsp3) is 0.444. The number of aliphatic carboxylic acids is 1. The van der Waals surface area contributed by atoms with Crippen LogP contribution in [0.3, 0.4) is 0 Å². The Kier molecular flexibility index (Phi) is 5.55. The summed E-state index contributed by atoms with van der Waals surface area (Å²) in [6.45, 7) is 2.35. The van der Waals surface area contributed by atoms with E-state index in [0.29, 0.717) is 12.8 Å². The summed E-state index contributed by atoms with van der Waals surface area (Å²) >= 11 is 1.59. The predicted octanol–water partition coefficient (Wildman–Crippen LogP) is 3.12. The fourth-order valence-corrected chi connectivity index (χ4v) is 3.89. The van der Waals surface area contributed by atoms with Gasteiger partial charge in [0.15, 0.2) is 0 Å². The zero-order valence-electron chi connectivity index (χ0n) is 14.4. The monoisotopic (exact) mass is 362 g/mol. The van der Waals surface area contributed by atoms with Gasteiger partial charge >= 0.3 is 5.97 Å². The topological polar surface area (TPSA) is 71.9 Å². The number of hydrogen-bond donors (Lipinski definition) is 1. The maximum Gasteiger partial charge on any atom is 0.306 e. The summed E-state index contributed by atoms with van der Waals surface area (Å²) in [4.78, 5) is 18.0. The SMILES string of the molecule is COc1ccc(-c2nc(CN3CCC(C(=O)O)CC3)cs2)c(OC)c1. The van der Waals surface area contributed by atoms with Gasteiger partial charge in [-0.15, -0.1) is 11.3 Å². The van der Waals surface area contributed by atoms with Crippen LogP contribution in [0.5, 0.6) is 11.5 Å². The molecule has 1 aliphatic rings. The lowest BCUT2D eigenvalue weighted by molar-refractivity contribution is -0.143. The number of aromatic nitrogens is 1. The van der Waals surface area contributed by atoms with Gasteiger partial charge in [-0.25, -0.2) is 4.98 Å². The second-order valence-corrected chi connectivity index (χ2v) is 6.96. The van der Waals surface area contributed by atoms with Crippen LogP contribution in [0.15, 0.2) is 23.6 Å². The molecule has 0 saturated carbocycles. The van der Waals surface area contributed by atoms with Crippen molar-refractivity contribution in [1.82, 2.24) is 9.88 Å². The molecule has 0 atom stereocenters. The highest BCUT2D eigenvalue weighted by Crippen LogP contribution is 2.35. The van der Waals surface area contributed by atoms with E-state index in [-0.39, 0.29) is 5.92 Å². The van der Waals surface area contributed by atoms with Crippen LogP contribution in [0.4, 0.5) is 0 Å². The average Bonchev–Trinajstić information content (AvgIpc) is 3.09. The van der Waals surface area contributed by atoms with Crippen molar-refractivity contribution in [3.63, 3.8) is 0 Å². The van der Waals surface area contributed by atoms with Crippen molar-refractivity contribution in [2.45, 2.75) is 19.4 Å². The van der Waals surface area contributed by atoms with Gasteiger partial charge in [0.1, 0.15) is 16.5 Å². The molecule has 1 aliphatic heterocycles. The fourth-order valence-electron chi connectivity index (χ4n) is 3.05. The van der Waals surface area contributed by atoms with Crippen LogP contribution in [-0.4, -0.2) is 48.3 Å². The first-order chi connectivity index (χ1) is 12.1. The Labute approximate surface area is 151 Å². The molecular weight excluding hydrogens is 340 g/mol. The molecule has 2 aromatic rings. The molecule has 2 heterocycles. The minimum atomic E-state index is -0.679. The first kappa shape index (κ1) is 17.7. The molecule has 0 bridgehead atoms. The van der Waals surface area contributed by atoms with Gasteiger partial charge in [-0.1, -0.05) is 0 Å². The minimum absolute atomic E-state index is 0.203. The van der Waals surface area contributed by atoms with Crippen LogP contribution in [0.1, 0.15) is 18.5 Å². The summed E-state index contributed by atoms with van der Waals surface area (Å²) in [6.07, 6.45) is 1.41. The van der Waals surface area contributed by atoms with Crippen LogP contribution >= 0.6 is 11.3 Å². The molecule has 0 amide bonds. The highest BCUT2D eigenvalue weighted by molar-refractivity contribution is 7.13. The molecule has 1 N–H and O–H groups in total. The van der Waals surface area contributed by atoms with Gasteiger partial charge in [0.25, 0.3) is 0 Å². The predicted molar refractivity (Wildman–Crippen MR) is 96.3 cm³/mol. The summed E-state index contributed by atoms with van der Waals surface area (Å²) in [5.41, 5.74) is 1.95. The van der Waals surface area contributed by atoms with E-state index in [1.165, 1.54) is 0 Å². The molecular formula is C18H22N2O4S. The maximum atomic E-state index is 11.0. The van der Waals surface area contributed by atoms with Gasteiger partial charge in [-0.2, -0.15) is 0 Å². The van der Waals surface area contributed by atoms with Crippen molar-refractivity contribution in [1.29, 1.82) is 0 Å². The molecule has 3 rings (SSSR count). The van der Waals surface area contributed by atoms with E-state index in [1.54, 1.807) is 25.6 Å². The Bertz CT molecular complexity index is 738. The Morgan fingerprint density at radius 2 is 2.08 bits per heavy atom. The lowest BCUT2D eigenvalue weighted by Crippen LogP contribution is -2.35. The highest BCUT2D eigenvalue weighted by atomic mass is 32.1. The molecule has 134 valence electrons. The van der Waals surface area contributed by atoms with Crippen LogP contribution < -0.4 is 9.47 Å². The summed E-state index contributed by atoms with van der Waals surface area (Å²) in [5.74, 6) is 0.606. The zero-order chi connectivity index (χ0) is 17.8.